The van der Waals surface area contributed by atoms with Crippen LogP contribution in [0.3, 0.4) is 0 Å². The summed E-state index contributed by atoms with van der Waals surface area (Å²) < 4.78 is 11.1. The number of aryl methyl sites for hydroxylation is 1. The highest BCUT2D eigenvalue weighted by atomic mass is 16.5. The van der Waals surface area contributed by atoms with Crippen molar-refractivity contribution in [2.75, 3.05) is 6.61 Å². The predicted molar refractivity (Wildman–Crippen MR) is 119 cm³/mol. The molecule has 3 aromatic carbocycles. The minimum absolute atomic E-state index is 0.211. The fraction of sp³-hybridized carbons (Fsp3) is 0.185. The first kappa shape index (κ1) is 20.6. The summed E-state index contributed by atoms with van der Waals surface area (Å²) >= 11 is 0. The number of para-hydroxylation sites is 1. The Morgan fingerprint density at radius 2 is 1.65 bits per heavy atom. The van der Waals surface area contributed by atoms with E-state index in [-0.39, 0.29) is 12.2 Å². The van der Waals surface area contributed by atoms with Gasteiger partial charge in [0.2, 0.25) is 0 Å². The van der Waals surface area contributed by atoms with Crippen LogP contribution in [0.2, 0.25) is 0 Å². The van der Waals surface area contributed by atoms with Crippen LogP contribution in [0.5, 0.6) is 5.75 Å². The summed E-state index contributed by atoms with van der Waals surface area (Å²) in [6, 6.07) is 24.6. The molecule has 0 radical (unpaired) electrons. The molecule has 31 heavy (non-hydrogen) atoms. The molecular formula is C27H24O4. The molecule has 0 saturated heterocycles. The van der Waals surface area contributed by atoms with Gasteiger partial charge in [0.1, 0.15) is 11.2 Å². The maximum Gasteiger partial charge on any atom is 0.334 e. The Bertz CT molecular complexity index is 1130. The summed E-state index contributed by atoms with van der Waals surface area (Å²) in [6.07, 6.45) is 0. The second-order valence-corrected chi connectivity index (χ2v) is 7.65. The van der Waals surface area contributed by atoms with Gasteiger partial charge in [-0.2, -0.15) is 0 Å². The second kappa shape index (κ2) is 8.23. The highest BCUT2D eigenvalue weighted by Gasteiger charge is 2.57. The molecule has 0 unspecified atom stereocenters. The number of fused-ring (bicyclic) bond motifs is 1. The minimum atomic E-state index is -1.27. The van der Waals surface area contributed by atoms with Crippen LogP contribution in [0.4, 0.5) is 0 Å². The second-order valence-electron chi connectivity index (χ2n) is 7.65. The fourth-order valence-electron chi connectivity index (χ4n) is 4.40. The topological polar surface area (TPSA) is 52.6 Å². The number of hydrogen-bond acceptors (Lipinski definition) is 4. The third-order valence-corrected chi connectivity index (χ3v) is 5.80. The van der Waals surface area contributed by atoms with Crippen LogP contribution < -0.4 is 4.74 Å². The lowest BCUT2D eigenvalue weighted by atomic mass is 9.62. The molecule has 0 saturated carbocycles. The van der Waals surface area contributed by atoms with Crippen molar-refractivity contribution in [1.29, 1.82) is 0 Å². The number of esters is 2. The van der Waals surface area contributed by atoms with Crippen LogP contribution in [0.1, 0.15) is 35.1 Å². The van der Waals surface area contributed by atoms with Gasteiger partial charge in [-0.25, -0.2) is 4.79 Å². The first-order valence-electron chi connectivity index (χ1n) is 10.3. The predicted octanol–water partition coefficient (Wildman–Crippen LogP) is 5.10. The van der Waals surface area contributed by atoms with Crippen molar-refractivity contribution in [2.24, 2.45) is 0 Å². The molecule has 4 heteroatoms. The molecule has 4 nitrogen and oxygen atoms in total. The van der Waals surface area contributed by atoms with E-state index in [1.54, 1.807) is 13.0 Å². The van der Waals surface area contributed by atoms with E-state index >= 15 is 0 Å². The zero-order chi connectivity index (χ0) is 22.0. The van der Waals surface area contributed by atoms with Crippen molar-refractivity contribution in [1.82, 2.24) is 0 Å². The first-order chi connectivity index (χ1) is 15.0. The van der Waals surface area contributed by atoms with E-state index in [0.29, 0.717) is 11.3 Å². The summed E-state index contributed by atoms with van der Waals surface area (Å²) in [6.45, 7) is 8.07. The van der Waals surface area contributed by atoms with Gasteiger partial charge >= 0.3 is 11.9 Å². The van der Waals surface area contributed by atoms with Gasteiger partial charge in [-0.15, -0.1) is 0 Å². The summed E-state index contributed by atoms with van der Waals surface area (Å²) in [5.41, 5.74) is 2.26. The number of rotatable bonds is 6. The minimum Gasteiger partial charge on any atom is -0.463 e. The summed E-state index contributed by atoms with van der Waals surface area (Å²) in [5, 5.41) is 0. The Hall–Kier alpha value is -3.66. The van der Waals surface area contributed by atoms with E-state index in [9.17, 15) is 9.59 Å². The summed E-state index contributed by atoms with van der Waals surface area (Å²) in [5.74, 6) is -1.17. The first-order valence-corrected chi connectivity index (χ1v) is 10.3. The molecule has 0 aromatic heterocycles. The molecule has 2 atom stereocenters. The van der Waals surface area contributed by atoms with Gasteiger partial charge in [0.15, 0.2) is 0 Å². The average molecular weight is 412 g/mol. The maximum atomic E-state index is 13.7. The van der Waals surface area contributed by atoms with Gasteiger partial charge in [-0.05, 0) is 31.0 Å². The molecule has 1 aliphatic heterocycles. The number of hydrogen-bond donors (Lipinski definition) is 0. The van der Waals surface area contributed by atoms with Crippen LogP contribution in [0, 0.1) is 6.92 Å². The van der Waals surface area contributed by atoms with Crippen molar-refractivity contribution in [3.8, 4) is 5.75 Å². The van der Waals surface area contributed by atoms with Gasteiger partial charge < -0.3 is 9.47 Å². The van der Waals surface area contributed by atoms with Gasteiger partial charge in [0.25, 0.3) is 0 Å². The molecule has 3 aromatic rings. The average Bonchev–Trinajstić information content (AvgIpc) is 3.08. The molecule has 156 valence electrons. The van der Waals surface area contributed by atoms with Crippen molar-refractivity contribution in [3.05, 3.63) is 113 Å². The maximum absolute atomic E-state index is 13.7. The van der Waals surface area contributed by atoms with Crippen molar-refractivity contribution in [2.45, 2.75) is 25.2 Å². The summed E-state index contributed by atoms with van der Waals surface area (Å²) in [4.78, 5) is 26.6. The quantitative estimate of drug-likeness (QED) is 0.321. The lowest BCUT2D eigenvalue weighted by molar-refractivity contribution is -0.140. The van der Waals surface area contributed by atoms with E-state index in [4.69, 9.17) is 9.47 Å². The molecule has 1 heterocycles. The Morgan fingerprint density at radius 1 is 1.00 bits per heavy atom. The Kier molecular flexibility index (Phi) is 5.47. The Balaban J connectivity index is 2.05. The van der Waals surface area contributed by atoms with Crippen LogP contribution in [-0.4, -0.2) is 18.5 Å². The molecule has 0 fully saturated rings. The normalized spacial score (nSPS) is 18.1. The molecule has 0 spiro atoms. The van der Waals surface area contributed by atoms with E-state index in [0.717, 1.165) is 16.7 Å². The highest BCUT2D eigenvalue weighted by molar-refractivity contribution is 6.00. The number of carbonyl (C=O) groups excluding carboxylic acids is 2. The number of carbonyl (C=O) groups is 2. The molecule has 4 rings (SSSR count). The van der Waals surface area contributed by atoms with Crippen molar-refractivity contribution in [3.63, 3.8) is 0 Å². The van der Waals surface area contributed by atoms with Gasteiger partial charge in [-0.1, -0.05) is 84.9 Å². The Morgan fingerprint density at radius 3 is 2.32 bits per heavy atom. The Labute approximate surface area is 182 Å². The highest BCUT2D eigenvalue weighted by Crippen LogP contribution is 2.54. The van der Waals surface area contributed by atoms with Crippen LogP contribution >= 0.6 is 0 Å². The molecule has 0 amide bonds. The molecule has 0 bridgehead atoms. The lowest BCUT2D eigenvalue weighted by Crippen LogP contribution is -2.43. The monoisotopic (exact) mass is 412 g/mol. The standard InChI is InChI=1S/C27H24O4/c1-4-30-25(28)19(3)24(20-16-14-18(2)15-17-20)27(21-10-6-5-7-11-21)22-12-8-9-13-23(22)31-26(27)29/h5-17,24H,3-4H2,1-2H3/t24-,27+/m1/s1. The number of ether oxygens (including phenoxy) is 2. The third kappa shape index (κ3) is 3.34. The molecular weight excluding hydrogens is 388 g/mol. The van der Waals surface area contributed by atoms with Crippen LogP contribution in [0.25, 0.3) is 0 Å². The van der Waals surface area contributed by atoms with E-state index in [2.05, 4.69) is 6.58 Å². The molecule has 0 N–H and O–H groups in total. The lowest BCUT2D eigenvalue weighted by Gasteiger charge is -2.36. The van der Waals surface area contributed by atoms with Gasteiger partial charge in [0.05, 0.1) is 6.61 Å². The van der Waals surface area contributed by atoms with Gasteiger partial charge in [-0.3, -0.25) is 4.79 Å². The van der Waals surface area contributed by atoms with Crippen molar-refractivity contribution < 1.29 is 19.1 Å². The fourth-order valence-corrected chi connectivity index (χ4v) is 4.40. The number of benzene rings is 3. The third-order valence-electron chi connectivity index (χ3n) is 5.80. The molecule has 0 aliphatic carbocycles. The van der Waals surface area contributed by atoms with E-state index in [1.807, 2.05) is 79.7 Å². The van der Waals surface area contributed by atoms with Gasteiger partial charge in [0, 0.05) is 17.1 Å². The largest absolute Gasteiger partial charge is 0.463 e. The SMILES string of the molecule is C=C(C(=O)OCC)[C@H](c1ccc(C)cc1)[C@@]1(c2ccccc2)C(=O)Oc2ccccc21. The van der Waals surface area contributed by atoms with Crippen LogP contribution in [-0.2, 0) is 19.7 Å². The smallest absolute Gasteiger partial charge is 0.334 e. The van der Waals surface area contributed by atoms with Crippen LogP contribution in [0.15, 0.2) is 91.0 Å². The molecule has 1 aliphatic rings. The van der Waals surface area contributed by atoms with E-state index < -0.39 is 23.3 Å². The van der Waals surface area contributed by atoms with Crippen molar-refractivity contribution >= 4 is 11.9 Å². The zero-order valence-electron chi connectivity index (χ0n) is 17.6. The zero-order valence-corrected chi connectivity index (χ0v) is 17.6. The summed E-state index contributed by atoms with van der Waals surface area (Å²) in [7, 11) is 0. The van der Waals surface area contributed by atoms with E-state index in [1.165, 1.54) is 0 Å².